The van der Waals surface area contributed by atoms with Crippen molar-refractivity contribution in [3.05, 3.63) is 0 Å². The van der Waals surface area contributed by atoms with Crippen LogP contribution in [0.15, 0.2) is 0 Å². The largest absolute Gasteiger partial charge is 0.373 e. The highest BCUT2D eigenvalue weighted by Gasteiger charge is 2.48. The Morgan fingerprint density at radius 2 is 1.71 bits per heavy atom. The Bertz CT molecular complexity index is 232. The van der Waals surface area contributed by atoms with Gasteiger partial charge in [0, 0.05) is 0 Å². The third-order valence-corrected chi connectivity index (χ3v) is 3.37. The Balaban J connectivity index is 4.84. The second-order valence-electron chi connectivity index (χ2n) is 4.72. The molecule has 14 heavy (non-hydrogen) atoms. The molecule has 0 rings (SSSR count). The lowest BCUT2D eigenvalue weighted by Crippen LogP contribution is -2.49. The minimum Gasteiger partial charge on any atom is -0.373 e. The molecular weight excluding hydrogens is 205 g/mol. The number of aliphatic hydroxyl groups is 1. The summed E-state index contributed by atoms with van der Waals surface area (Å²) in [6, 6.07) is 0. The fraction of sp³-hybridized carbons (Fsp3) is 1.00. The predicted octanol–water partition coefficient (Wildman–Crippen LogP) is 0.359. The zero-order valence-corrected chi connectivity index (χ0v) is 10.2. The van der Waals surface area contributed by atoms with Crippen LogP contribution in [0.1, 0.15) is 19.8 Å². The van der Waals surface area contributed by atoms with Gasteiger partial charge in [0.05, 0.1) is 21.1 Å². The molecule has 86 valence electrons. The summed E-state index contributed by atoms with van der Waals surface area (Å²) in [6.07, 6.45) is 0.661. The van der Waals surface area contributed by atoms with Crippen molar-refractivity contribution in [2.75, 3.05) is 27.7 Å². The van der Waals surface area contributed by atoms with Crippen molar-refractivity contribution in [2.45, 2.75) is 25.1 Å². The van der Waals surface area contributed by atoms with Crippen LogP contribution in [0, 0.1) is 0 Å². The molecule has 0 spiro atoms. The van der Waals surface area contributed by atoms with Crippen LogP contribution in [0.25, 0.3) is 0 Å². The van der Waals surface area contributed by atoms with Gasteiger partial charge in [0.2, 0.25) is 5.34 Å². The summed E-state index contributed by atoms with van der Waals surface area (Å²) in [4.78, 5) is 18.2. The zero-order chi connectivity index (χ0) is 11.6. The second kappa shape index (κ2) is 4.29. The Morgan fingerprint density at radius 1 is 1.29 bits per heavy atom. The highest BCUT2D eigenvalue weighted by atomic mass is 31.2. The van der Waals surface area contributed by atoms with E-state index in [1.165, 1.54) is 0 Å². The second-order valence-corrected chi connectivity index (χ2v) is 6.65. The topological polar surface area (TPSA) is 77.8 Å². The Hall–Kier alpha value is 0.0700. The molecule has 1 unspecified atom stereocenters. The molecule has 0 aromatic carbocycles. The zero-order valence-electron chi connectivity index (χ0n) is 9.27. The molecule has 0 bridgehead atoms. The van der Waals surface area contributed by atoms with Crippen LogP contribution < -0.4 is 0 Å². The van der Waals surface area contributed by atoms with Gasteiger partial charge < -0.3 is 19.4 Å². The molecular formula is C8H21NO4P+. The fourth-order valence-corrected chi connectivity index (χ4v) is 2.60. The first-order valence-electron chi connectivity index (χ1n) is 4.60. The monoisotopic (exact) mass is 226 g/mol. The van der Waals surface area contributed by atoms with Crippen molar-refractivity contribution >= 4 is 7.60 Å². The van der Waals surface area contributed by atoms with Crippen molar-refractivity contribution in [2.24, 2.45) is 0 Å². The van der Waals surface area contributed by atoms with Crippen LogP contribution in [0.4, 0.5) is 0 Å². The number of likely N-dealkylation sites (N-methyl/N-ethyl adjacent to an activating group) is 1. The van der Waals surface area contributed by atoms with Crippen molar-refractivity contribution in [3.63, 3.8) is 0 Å². The van der Waals surface area contributed by atoms with E-state index in [9.17, 15) is 9.67 Å². The first-order valence-corrected chi connectivity index (χ1v) is 6.21. The van der Waals surface area contributed by atoms with Crippen molar-refractivity contribution in [1.29, 1.82) is 0 Å². The molecule has 0 aliphatic carbocycles. The van der Waals surface area contributed by atoms with Crippen LogP contribution in [-0.4, -0.2) is 52.4 Å². The Labute approximate surface area is 85.1 Å². The Kier molecular flexibility index (Phi) is 4.31. The average molecular weight is 226 g/mol. The number of hydrogen-bond donors (Lipinski definition) is 3. The Morgan fingerprint density at radius 3 is 1.93 bits per heavy atom. The van der Waals surface area contributed by atoms with Gasteiger partial charge in [-0.25, -0.2) is 0 Å². The van der Waals surface area contributed by atoms with Gasteiger partial charge in [-0.2, -0.15) is 0 Å². The number of nitrogens with zero attached hydrogens (tertiary/aromatic N) is 1. The quantitative estimate of drug-likeness (QED) is 0.467. The summed E-state index contributed by atoms with van der Waals surface area (Å²) < 4.78 is 11.5. The summed E-state index contributed by atoms with van der Waals surface area (Å²) in [5.41, 5.74) is 0. The molecule has 0 heterocycles. The standard InChI is InChI=1S/C8H20NO4P/c1-5-6-8(10,14(11,12)13)7-9(2,3)4/h10H,5-7H2,1-4H3,(H-,11,12,13)/p+1. The highest BCUT2D eigenvalue weighted by Crippen LogP contribution is 2.51. The summed E-state index contributed by atoms with van der Waals surface area (Å²) in [5, 5.41) is 8.02. The summed E-state index contributed by atoms with van der Waals surface area (Å²) in [5.74, 6) is 0. The SMILES string of the molecule is CCCC(O)(C[N+](C)(C)C)P(=O)(O)O. The van der Waals surface area contributed by atoms with Crippen molar-refractivity contribution in [1.82, 2.24) is 0 Å². The van der Waals surface area contributed by atoms with Gasteiger partial charge in [-0.15, -0.1) is 0 Å². The molecule has 0 aliphatic rings. The summed E-state index contributed by atoms with van der Waals surface area (Å²) in [7, 11) is 0.903. The van der Waals surface area contributed by atoms with Gasteiger partial charge in [0.15, 0.2) is 0 Å². The first-order chi connectivity index (χ1) is 6.02. The normalized spacial score (nSPS) is 17.9. The maximum Gasteiger partial charge on any atom is 0.362 e. The van der Waals surface area contributed by atoms with Gasteiger partial charge >= 0.3 is 7.60 Å². The van der Waals surface area contributed by atoms with Crippen LogP contribution >= 0.6 is 7.60 Å². The van der Waals surface area contributed by atoms with E-state index in [2.05, 4.69) is 0 Å². The number of rotatable bonds is 5. The van der Waals surface area contributed by atoms with Gasteiger partial charge in [0.25, 0.3) is 0 Å². The molecule has 3 N–H and O–H groups in total. The van der Waals surface area contributed by atoms with Crippen molar-refractivity contribution in [3.8, 4) is 0 Å². The van der Waals surface area contributed by atoms with Crippen LogP contribution in [0.5, 0.6) is 0 Å². The third-order valence-electron chi connectivity index (χ3n) is 1.92. The smallest absolute Gasteiger partial charge is 0.362 e. The summed E-state index contributed by atoms with van der Waals surface area (Å²) >= 11 is 0. The fourth-order valence-electron chi connectivity index (χ4n) is 1.48. The third kappa shape index (κ3) is 4.07. The molecule has 6 heteroatoms. The van der Waals surface area contributed by atoms with Gasteiger partial charge in [-0.3, -0.25) is 4.57 Å². The highest BCUT2D eigenvalue weighted by molar-refractivity contribution is 7.53. The molecule has 1 atom stereocenters. The molecule has 0 amide bonds. The first kappa shape index (κ1) is 14.1. The maximum absolute atomic E-state index is 11.2. The molecule has 0 radical (unpaired) electrons. The lowest BCUT2D eigenvalue weighted by molar-refractivity contribution is -0.875. The van der Waals surface area contributed by atoms with E-state index in [0.29, 0.717) is 10.9 Å². The van der Waals surface area contributed by atoms with E-state index in [0.717, 1.165) is 0 Å². The molecule has 0 aromatic rings. The van der Waals surface area contributed by atoms with E-state index in [1.807, 2.05) is 0 Å². The molecule has 0 saturated carbocycles. The minimum absolute atomic E-state index is 0.0467. The molecule has 5 nitrogen and oxygen atoms in total. The van der Waals surface area contributed by atoms with Crippen LogP contribution in [0.2, 0.25) is 0 Å². The minimum atomic E-state index is -4.46. The van der Waals surface area contributed by atoms with Crippen LogP contribution in [-0.2, 0) is 4.57 Å². The molecule has 0 saturated heterocycles. The average Bonchev–Trinajstić information content (AvgIpc) is 1.79. The lowest BCUT2D eigenvalue weighted by Gasteiger charge is -2.35. The van der Waals surface area contributed by atoms with E-state index < -0.39 is 12.9 Å². The number of quaternary nitrogens is 1. The molecule has 0 aliphatic heterocycles. The van der Waals surface area contributed by atoms with E-state index in [4.69, 9.17) is 9.79 Å². The summed E-state index contributed by atoms with van der Waals surface area (Å²) in [6.45, 7) is 1.83. The van der Waals surface area contributed by atoms with E-state index in [-0.39, 0.29) is 13.0 Å². The van der Waals surface area contributed by atoms with Gasteiger partial charge in [-0.05, 0) is 6.42 Å². The van der Waals surface area contributed by atoms with E-state index >= 15 is 0 Å². The van der Waals surface area contributed by atoms with Gasteiger partial charge in [0.1, 0.15) is 6.54 Å². The van der Waals surface area contributed by atoms with E-state index in [1.54, 1.807) is 28.1 Å². The number of hydrogen-bond acceptors (Lipinski definition) is 2. The van der Waals surface area contributed by atoms with Crippen molar-refractivity contribution < 1.29 is 23.9 Å². The molecule has 0 fully saturated rings. The predicted molar refractivity (Wildman–Crippen MR) is 54.8 cm³/mol. The van der Waals surface area contributed by atoms with Crippen LogP contribution in [0.3, 0.4) is 0 Å². The molecule has 0 aromatic heterocycles. The van der Waals surface area contributed by atoms with Gasteiger partial charge in [-0.1, -0.05) is 13.3 Å². The maximum atomic E-state index is 11.2. The lowest BCUT2D eigenvalue weighted by atomic mass is 10.2.